The van der Waals surface area contributed by atoms with Crippen molar-refractivity contribution in [3.63, 3.8) is 0 Å². The largest absolute Gasteiger partial charge is 0.378 e. The van der Waals surface area contributed by atoms with E-state index in [-0.39, 0.29) is 22.3 Å². The van der Waals surface area contributed by atoms with E-state index in [4.69, 9.17) is 11.6 Å². The number of nitro benzene ring substituents is 1. The first kappa shape index (κ1) is 23.7. The van der Waals surface area contributed by atoms with Gasteiger partial charge in [0.1, 0.15) is 0 Å². The fourth-order valence-electron chi connectivity index (χ4n) is 4.32. The van der Waals surface area contributed by atoms with Crippen molar-refractivity contribution in [3.05, 3.63) is 104 Å². The molecule has 176 valence electrons. The number of hydrogen-bond donors (Lipinski definition) is 1. The first-order chi connectivity index (χ1) is 16.3. The van der Waals surface area contributed by atoms with Crippen molar-refractivity contribution in [2.45, 2.75) is 19.0 Å². The van der Waals surface area contributed by atoms with Crippen molar-refractivity contribution in [3.8, 4) is 0 Å². The van der Waals surface area contributed by atoms with Gasteiger partial charge < -0.3 is 10.2 Å². The second-order valence-corrected chi connectivity index (χ2v) is 9.03. The molecule has 1 amide bonds. The molecule has 1 aliphatic rings. The summed E-state index contributed by atoms with van der Waals surface area (Å²) in [5.74, 6) is -0.430. The predicted octanol–water partition coefficient (Wildman–Crippen LogP) is 4.84. The summed E-state index contributed by atoms with van der Waals surface area (Å²) in [4.78, 5) is 28.0. The van der Waals surface area contributed by atoms with Crippen LogP contribution < -0.4 is 10.2 Å². The second-order valence-electron chi connectivity index (χ2n) is 8.62. The van der Waals surface area contributed by atoms with Crippen LogP contribution in [0.25, 0.3) is 0 Å². The molecule has 1 aliphatic heterocycles. The topological polar surface area (TPSA) is 78.7 Å². The Labute approximate surface area is 204 Å². The van der Waals surface area contributed by atoms with Crippen LogP contribution in [-0.2, 0) is 13.0 Å². The van der Waals surface area contributed by atoms with Gasteiger partial charge in [-0.2, -0.15) is 0 Å². The summed E-state index contributed by atoms with van der Waals surface area (Å²) < 4.78 is 0. The highest BCUT2D eigenvalue weighted by Gasteiger charge is 2.26. The van der Waals surface area contributed by atoms with Crippen LogP contribution in [0.3, 0.4) is 0 Å². The summed E-state index contributed by atoms with van der Waals surface area (Å²) in [5, 5.41) is 14.3. The zero-order chi connectivity index (χ0) is 24.2. The highest BCUT2D eigenvalue weighted by atomic mass is 35.5. The SMILES string of the molecule is CN(C)c1ccc(C(CNC(=O)c2cc([N+](=O)[O-])ccc2Cl)N2CCc3ccccc3C2)cc1. The Balaban J connectivity index is 1.58. The number of fused-ring (bicyclic) bond motifs is 1. The van der Waals surface area contributed by atoms with E-state index in [0.717, 1.165) is 30.8 Å². The first-order valence-corrected chi connectivity index (χ1v) is 11.5. The van der Waals surface area contributed by atoms with E-state index < -0.39 is 10.8 Å². The Kier molecular flexibility index (Phi) is 7.14. The molecule has 8 heteroatoms. The van der Waals surface area contributed by atoms with E-state index in [0.29, 0.717) is 6.54 Å². The maximum Gasteiger partial charge on any atom is 0.270 e. The average Bonchev–Trinajstić information content (AvgIpc) is 2.84. The Morgan fingerprint density at radius 1 is 1.12 bits per heavy atom. The molecule has 7 nitrogen and oxygen atoms in total. The van der Waals surface area contributed by atoms with E-state index in [1.54, 1.807) is 0 Å². The molecule has 34 heavy (non-hydrogen) atoms. The number of nitro groups is 1. The summed E-state index contributed by atoms with van der Waals surface area (Å²) in [6.07, 6.45) is 0.938. The number of nitrogens with zero attached hydrogens (tertiary/aromatic N) is 3. The Morgan fingerprint density at radius 3 is 2.50 bits per heavy atom. The van der Waals surface area contributed by atoms with Gasteiger partial charge in [-0.3, -0.25) is 19.8 Å². The summed E-state index contributed by atoms with van der Waals surface area (Å²) in [7, 11) is 3.99. The van der Waals surface area contributed by atoms with E-state index in [1.807, 2.05) is 19.0 Å². The highest BCUT2D eigenvalue weighted by molar-refractivity contribution is 6.33. The Bertz CT molecular complexity index is 1200. The molecular formula is C26H27ClN4O3. The smallest absolute Gasteiger partial charge is 0.270 e. The number of carbonyl (C=O) groups excluding carboxylic acids is 1. The summed E-state index contributed by atoms with van der Waals surface area (Å²) >= 11 is 6.18. The van der Waals surface area contributed by atoms with Crippen LogP contribution >= 0.6 is 11.6 Å². The zero-order valence-corrected chi connectivity index (χ0v) is 20.0. The molecule has 3 aromatic carbocycles. The Morgan fingerprint density at radius 2 is 1.82 bits per heavy atom. The van der Waals surface area contributed by atoms with Gasteiger partial charge in [-0.25, -0.2) is 0 Å². The minimum atomic E-state index is -0.534. The quantitative estimate of drug-likeness (QED) is 0.388. The van der Waals surface area contributed by atoms with Crippen molar-refractivity contribution in [1.82, 2.24) is 10.2 Å². The number of amides is 1. The highest BCUT2D eigenvalue weighted by Crippen LogP contribution is 2.29. The molecule has 0 aliphatic carbocycles. The fraction of sp³-hybridized carbons (Fsp3) is 0.269. The van der Waals surface area contributed by atoms with Crippen LogP contribution in [0.15, 0.2) is 66.7 Å². The number of carbonyl (C=O) groups is 1. The van der Waals surface area contributed by atoms with Gasteiger partial charge in [-0.15, -0.1) is 0 Å². The van der Waals surface area contributed by atoms with Gasteiger partial charge in [0.2, 0.25) is 0 Å². The van der Waals surface area contributed by atoms with Gasteiger partial charge in [0.25, 0.3) is 11.6 Å². The van der Waals surface area contributed by atoms with Crippen molar-refractivity contribution in [2.75, 3.05) is 32.1 Å². The standard InChI is InChI=1S/C26H27ClN4O3/c1-29(2)21-9-7-19(8-10-21)25(30-14-13-18-5-3-4-6-20(18)17-30)16-28-26(32)23-15-22(31(33)34)11-12-24(23)27/h3-12,15,25H,13-14,16-17H2,1-2H3,(H,28,32). The number of non-ortho nitro benzene ring substituents is 1. The third-order valence-corrected chi connectivity index (χ3v) is 6.59. The normalized spacial score (nSPS) is 14.2. The second kappa shape index (κ2) is 10.2. The first-order valence-electron chi connectivity index (χ1n) is 11.1. The van der Waals surface area contributed by atoms with Crippen LogP contribution in [0.2, 0.25) is 5.02 Å². The number of nitrogens with one attached hydrogen (secondary N) is 1. The van der Waals surface area contributed by atoms with Crippen LogP contribution in [0.5, 0.6) is 0 Å². The lowest BCUT2D eigenvalue weighted by molar-refractivity contribution is -0.384. The van der Waals surface area contributed by atoms with Crippen molar-refractivity contribution < 1.29 is 9.72 Å². The van der Waals surface area contributed by atoms with Crippen LogP contribution in [-0.4, -0.2) is 42.9 Å². The molecule has 0 saturated heterocycles. The summed E-state index contributed by atoms with van der Waals surface area (Å²) in [6, 6.07) is 20.6. The Hall–Kier alpha value is -3.42. The molecule has 0 fully saturated rings. The third kappa shape index (κ3) is 5.21. The summed E-state index contributed by atoms with van der Waals surface area (Å²) in [5.41, 5.74) is 4.76. The molecule has 1 atom stereocenters. The van der Waals surface area contributed by atoms with E-state index in [2.05, 4.69) is 58.7 Å². The molecule has 0 bridgehead atoms. The number of rotatable bonds is 7. The molecular weight excluding hydrogens is 452 g/mol. The maximum atomic E-state index is 13.0. The molecule has 0 aromatic heterocycles. The van der Waals surface area contributed by atoms with Crippen LogP contribution in [0.4, 0.5) is 11.4 Å². The van der Waals surface area contributed by atoms with Crippen molar-refractivity contribution in [2.24, 2.45) is 0 Å². The van der Waals surface area contributed by atoms with Gasteiger partial charge in [0.05, 0.1) is 21.6 Å². The predicted molar refractivity (Wildman–Crippen MR) is 135 cm³/mol. The number of hydrogen-bond acceptors (Lipinski definition) is 5. The molecule has 4 rings (SSSR count). The lowest BCUT2D eigenvalue weighted by atomic mass is 9.96. The molecule has 3 aromatic rings. The lowest BCUT2D eigenvalue weighted by Gasteiger charge is -2.36. The monoisotopic (exact) mass is 478 g/mol. The molecule has 0 saturated carbocycles. The van der Waals surface area contributed by atoms with Crippen molar-refractivity contribution in [1.29, 1.82) is 0 Å². The van der Waals surface area contributed by atoms with Gasteiger partial charge in [-0.05, 0) is 41.3 Å². The van der Waals surface area contributed by atoms with Gasteiger partial charge >= 0.3 is 0 Å². The molecule has 0 spiro atoms. The summed E-state index contributed by atoms with van der Waals surface area (Å²) in [6.45, 7) is 2.00. The van der Waals surface area contributed by atoms with E-state index in [9.17, 15) is 14.9 Å². The third-order valence-electron chi connectivity index (χ3n) is 6.26. The molecule has 1 N–H and O–H groups in total. The maximum absolute atomic E-state index is 13.0. The number of anilines is 1. The number of benzene rings is 3. The number of halogens is 1. The minimum Gasteiger partial charge on any atom is -0.378 e. The lowest BCUT2D eigenvalue weighted by Crippen LogP contribution is -2.40. The van der Waals surface area contributed by atoms with Gasteiger partial charge in [-0.1, -0.05) is 48.0 Å². The molecule has 1 unspecified atom stereocenters. The van der Waals surface area contributed by atoms with Gasteiger partial charge in [0.15, 0.2) is 0 Å². The molecule has 1 heterocycles. The van der Waals surface area contributed by atoms with Crippen LogP contribution in [0, 0.1) is 10.1 Å². The van der Waals surface area contributed by atoms with E-state index in [1.165, 1.54) is 29.3 Å². The van der Waals surface area contributed by atoms with Crippen molar-refractivity contribution >= 4 is 28.9 Å². The zero-order valence-electron chi connectivity index (χ0n) is 19.2. The van der Waals surface area contributed by atoms with Gasteiger partial charge in [0, 0.05) is 51.5 Å². The average molecular weight is 479 g/mol. The van der Waals surface area contributed by atoms with E-state index >= 15 is 0 Å². The fourth-order valence-corrected chi connectivity index (χ4v) is 4.52. The minimum absolute atomic E-state index is 0.0639. The molecule has 0 radical (unpaired) electrons. The van der Waals surface area contributed by atoms with Crippen LogP contribution in [0.1, 0.15) is 33.1 Å².